The van der Waals surface area contributed by atoms with Gasteiger partial charge in [0.15, 0.2) is 0 Å². The number of amides is 1. The quantitative estimate of drug-likeness (QED) is 0.840. The van der Waals surface area contributed by atoms with Crippen molar-refractivity contribution in [2.24, 2.45) is 0 Å². The maximum Gasteiger partial charge on any atom is 0.242 e. The van der Waals surface area contributed by atoms with E-state index in [-0.39, 0.29) is 11.7 Å². The van der Waals surface area contributed by atoms with E-state index >= 15 is 0 Å². The summed E-state index contributed by atoms with van der Waals surface area (Å²) in [6.07, 6.45) is 0. The van der Waals surface area contributed by atoms with Crippen LogP contribution in [0.2, 0.25) is 0 Å². The summed E-state index contributed by atoms with van der Waals surface area (Å²) in [5.41, 5.74) is 0.152. The molecule has 0 aliphatic rings. The molecule has 0 saturated carbocycles. The molecule has 1 atom stereocenters. The largest absolute Gasteiger partial charge is 0.379 e. The van der Waals surface area contributed by atoms with E-state index in [2.05, 4.69) is 5.32 Å². The average Bonchev–Trinajstić information content (AvgIpc) is 2.35. The van der Waals surface area contributed by atoms with Crippen molar-refractivity contribution in [1.82, 2.24) is 10.2 Å². The van der Waals surface area contributed by atoms with Crippen LogP contribution < -0.4 is 5.32 Å². The molecular formula is C16H25FN2O2. The molecule has 5 heteroatoms. The molecule has 0 spiro atoms. The van der Waals surface area contributed by atoms with Crippen molar-refractivity contribution in [2.75, 3.05) is 27.3 Å². The monoisotopic (exact) mass is 296 g/mol. The summed E-state index contributed by atoms with van der Waals surface area (Å²) in [6, 6.07) is 5.58. The minimum Gasteiger partial charge on any atom is -0.379 e. The maximum absolute atomic E-state index is 13.4. The van der Waals surface area contributed by atoms with E-state index < -0.39 is 11.6 Å². The Morgan fingerprint density at radius 2 is 2.10 bits per heavy atom. The number of hydrogen-bond acceptors (Lipinski definition) is 3. The van der Waals surface area contributed by atoms with Crippen LogP contribution in [-0.2, 0) is 9.53 Å². The van der Waals surface area contributed by atoms with E-state index in [1.807, 2.05) is 20.8 Å². The van der Waals surface area contributed by atoms with Gasteiger partial charge in [-0.15, -0.1) is 0 Å². The summed E-state index contributed by atoms with van der Waals surface area (Å²) in [7, 11) is 3.59. The van der Waals surface area contributed by atoms with E-state index in [1.165, 1.54) is 12.1 Å². The van der Waals surface area contributed by atoms with Crippen molar-refractivity contribution in [3.05, 3.63) is 35.6 Å². The minimum absolute atomic E-state index is 0.171. The first-order valence-corrected chi connectivity index (χ1v) is 7.08. The van der Waals surface area contributed by atoms with Gasteiger partial charge in [0.2, 0.25) is 5.91 Å². The maximum atomic E-state index is 13.4. The van der Waals surface area contributed by atoms with Crippen LogP contribution in [0.1, 0.15) is 32.4 Å². The molecule has 0 aliphatic heterocycles. The van der Waals surface area contributed by atoms with E-state index in [0.29, 0.717) is 18.8 Å². The summed E-state index contributed by atoms with van der Waals surface area (Å²) in [6.45, 7) is 6.74. The van der Waals surface area contributed by atoms with Crippen LogP contribution in [0.5, 0.6) is 0 Å². The lowest BCUT2D eigenvalue weighted by Gasteiger charge is -2.31. The average molecular weight is 296 g/mol. The summed E-state index contributed by atoms with van der Waals surface area (Å²) in [5, 5.41) is 2.96. The van der Waals surface area contributed by atoms with Crippen molar-refractivity contribution < 1.29 is 13.9 Å². The lowest BCUT2D eigenvalue weighted by molar-refractivity contribution is -0.128. The fourth-order valence-electron chi connectivity index (χ4n) is 2.16. The van der Waals surface area contributed by atoms with Crippen LogP contribution in [-0.4, -0.2) is 43.7 Å². The number of halogens is 1. The molecule has 0 unspecified atom stereocenters. The molecule has 0 heterocycles. The van der Waals surface area contributed by atoms with Gasteiger partial charge in [-0.1, -0.05) is 12.1 Å². The third-order valence-corrected chi connectivity index (χ3v) is 3.06. The number of hydrogen-bond donors (Lipinski definition) is 1. The Kier molecular flexibility index (Phi) is 6.30. The topological polar surface area (TPSA) is 41.6 Å². The molecule has 0 saturated heterocycles. The number of ether oxygens (including phenoxy) is 1. The Morgan fingerprint density at radius 1 is 1.43 bits per heavy atom. The van der Waals surface area contributed by atoms with Gasteiger partial charge in [0.1, 0.15) is 11.9 Å². The molecule has 0 aromatic heterocycles. The third kappa shape index (κ3) is 5.44. The van der Waals surface area contributed by atoms with Gasteiger partial charge in [-0.3, -0.25) is 9.69 Å². The number of nitrogens with zero attached hydrogens (tertiary/aromatic N) is 1. The van der Waals surface area contributed by atoms with Crippen LogP contribution >= 0.6 is 0 Å². The van der Waals surface area contributed by atoms with E-state index in [0.717, 1.165) is 0 Å². The third-order valence-electron chi connectivity index (χ3n) is 3.06. The molecule has 0 radical (unpaired) electrons. The van der Waals surface area contributed by atoms with E-state index in [1.54, 1.807) is 31.1 Å². The first-order valence-electron chi connectivity index (χ1n) is 7.08. The molecule has 1 amide bonds. The van der Waals surface area contributed by atoms with E-state index in [4.69, 9.17) is 4.74 Å². The number of likely N-dealkylation sites (N-methyl/N-ethyl adjacent to an activating group) is 1. The van der Waals surface area contributed by atoms with Gasteiger partial charge in [-0.2, -0.15) is 0 Å². The van der Waals surface area contributed by atoms with Gasteiger partial charge in [-0.25, -0.2) is 4.39 Å². The zero-order valence-electron chi connectivity index (χ0n) is 13.4. The fraction of sp³-hybridized carbons (Fsp3) is 0.562. The number of carbonyl (C=O) groups is 1. The number of nitrogens with one attached hydrogen (secondary N) is 1. The standard InChI is InChI=1S/C16H25FN2O2/c1-6-21-11-16(2,3)18-15(20)14(19(4)5)12-8-7-9-13(17)10-12/h7-10,14H,6,11H2,1-5H3,(H,18,20)/t14-/m1/s1. The molecule has 1 aromatic rings. The molecule has 118 valence electrons. The van der Waals surface area contributed by atoms with Gasteiger partial charge in [0.05, 0.1) is 12.1 Å². The summed E-state index contributed by atoms with van der Waals surface area (Å²) >= 11 is 0. The first kappa shape index (κ1) is 17.6. The number of benzene rings is 1. The van der Waals surface area contributed by atoms with Gasteiger partial charge in [0.25, 0.3) is 0 Å². The van der Waals surface area contributed by atoms with Crippen molar-refractivity contribution in [3.63, 3.8) is 0 Å². The highest BCUT2D eigenvalue weighted by Gasteiger charge is 2.28. The minimum atomic E-state index is -0.540. The van der Waals surface area contributed by atoms with E-state index in [9.17, 15) is 9.18 Å². The molecular weight excluding hydrogens is 271 g/mol. The highest BCUT2D eigenvalue weighted by atomic mass is 19.1. The Hall–Kier alpha value is -1.46. The van der Waals surface area contributed by atoms with Crippen LogP contribution in [0.25, 0.3) is 0 Å². The lowest BCUT2D eigenvalue weighted by atomic mass is 10.0. The van der Waals surface area contributed by atoms with Crippen molar-refractivity contribution in [2.45, 2.75) is 32.4 Å². The second-order valence-corrected chi connectivity index (χ2v) is 5.93. The Morgan fingerprint density at radius 3 is 2.62 bits per heavy atom. The van der Waals surface area contributed by atoms with Crippen LogP contribution in [0.4, 0.5) is 4.39 Å². The predicted molar refractivity (Wildman–Crippen MR) is 81.5 cm³/mol. The van der Waals surface area contributed by atoms with Gasteiger partial charge >= 0.3 is 0 Å². The van der Waals surface area contributed by atoms with Gasteiger partial charge < -0.3 is 10.1 Å². The Balaban J connectivity index is 2.89. The van der Waals surface area contributed by atoms with Crippen molar-refractivity contribution in [1.29, 1.82) is 0 Å². The molecule has 21 heavy (non-hydrogen) atoms. The molecule has 0 bridgehead atoms. The molecule has 1 rings (SSSR count). The second kappa shape index (κ2) is 7.52. The van der Waals surface area contributed by atoms with Crippen molar-refractivity contribution >= 4 is 5.91 Å². The second-order valence-electron chi connectivity index (χ2n) is 5.93. The van der Waals surface area contributed by atoms with Crippen LogP contribution in [0.3, 0.4) is 0 Å². The van der Waals surface area contributed by atoms with Crippen LogP contribution in [0.15, 0.2) is 24.3 Å². The van der Waals surface area contributed by atoms with Gasteiger partial charge in [0, 0.05) is 6.61 Å². The van der Waals surface area contributed by atoms with Crippen molar-refractivity contribution in [3.8, 4) is 0 Å². The number of carbonyl (C=O) groups excluding carboxylic acids is 1. The molecule has 0 aliphatic carbocycles. The first-order chi connectivity index (χ1) is 9.76. The highest BCUT2D eigenvalue weighted by molar-refractivity contribution is 5.83. The molecule has 4 nitrogen and oxygen atoms in total. The fourth-order valence-corrected chi connectivity index (χ4v) is 2.16. The SMILES string of the molecule is CCOCC(C)(C)NC(=O)[C@@H](c1cccc(F)c1)N(C)C. The summed E-state index contributed by atoms with van der Waals surface area (Å²) < 4.78 is 18.8. The van der Waals surface area contributed by atoms with Gasteiger partial charge in [-0.05, 0) is 52.6 Å². The normalized spacial score (nSPS) is 13.3. The molecule has 1 N–H and O–H groups in total. The highest BCUT2D eigenvalue weighted by Crippen LogP contribution is 2.20. The zero-order chi connectivity index (χ0) is 16.0. The number of rotatable bonds is 7. The zero-order valence-corrected chi connectivity index (χ0v) is 13.4. The lowest BCUT2D eigenvalue weighted by Crippen LogP contribution is -2.50. The Bertz CT molecular complexity index is 475. The molecule has 0 fully saturated rings. The predicted octanol–water partition coefficient (Wildman–Crippen LogP) is 2.36. The smallest absolute Gasteiger partial charge is 0.242 e. The Labute approximate surface area is 126 Å². The summed E-state index contributed by atoms with van der Waals surface area (Å²) in [5.74, 6) is -0.518. The van der Waals surface area contributed by atoms with Crippen LogP contribution in [0, 0.1) is 5.82 Å². The molecule has 1 aromatic carbocycles. The summed E-state index contributed by atoms with van der Waals surface area (Å²) in [4.78, 5) is 14.3.